The van der Waals surface area contributed by atoms with Crippen molar-refractivity contribution in [2.45, 2.75) is 6.04 Å². The fourth-order valence-electron chi connectivity index (χ4n) is 3.16. The van der Waals surface area contributed by atoms with Gasteiger partial charge in [-0.25, -0.2) is 0 Å². The van der Waals surface area contributed by atoms with Crippen LogP contribution in [0, 0.1) is 0 Å². The van der Waals surface area contributed by atoms with Crippen molar-refractivity contribution < 1.29 is 0 Å². The van der Waals surface area contributed by atoms with Gasteiger partial charge in [0, 0.05) is 11.1 Å². The topological polar surface area (TPSA) is 80.2 Å². The molecule has 7 nitrogen and oxygen atoms in total. The zero-order valence-corrected chi connectivity index (χ0v) is 15.9. The smallest absolute Gasteiger partial charge is 0.235 e. The van der Waals surface area contributed by atoms with Gasteiger partial charge in [0.2, 0.25) is 4.96 Å². The standard InChI is InChI=1S/C19H11N7S2/c1-3-7-11(8-4-1)13-14-16(23-21-13)27-17(20-14)18-25-26-15(22-24-19(26)28-18)12-9-5-2-6-10-12/h1-10,14H. The molecule has 1 unspecified atom stereocenters. The lowest BCUT2D eigenvalue weighted by Gasteiger charge is -2.04. The third-order valence-corrected chi connectivity index (χ3v) is 6.51. The molecule has 0 spiro atoms. The number of benzene rings is 2. The van der Waals surface area contributed by atoms with Crippen molar-refractivity contribution in [2.24, 2.45) is 15.2 Å². The van der Waals surface area contributed by atoms with E-state index in [9.17, 15) is 0 Å². The average Bonchev–Trinajstić information content (AvgIpc) is 3.48. The Hall–Kier alpha value is -3.17. The van der Waals surface area contributed by atoms with Crippen molar-refractivity contribution in [1.82, 2.24) is 19.8 Å². The lowest BCUT2D eigenvalue weighted by Crippen LogP contribution is -2.19. The number of nitrogens with zero attached hydrogens (tertiary/aromatic N) is 7. The van der Waals surface area contributed by atoms with Crippen LogP contribution in [0.3, 0.4) is 0 Å². The Kier molecular flexibility index (Phi) is 3.50. The first-order valence-corrected chi connectivity index (χ1v) is 10.2. The summed E-state index contributed by atoms with van der Waals surface area (Å²) in [6.45, 7) is 0. The van der Waals surface area contributed by atoms with Crippen LogP contribution < -0.4 is 0 Å². The Bertz CT molecular complexity index is 1290. The fraction of sp³-hybridized carbons (Fsp3) is 0.0526. The van der Waals surface area contributed by atoms with Crippen LogP contribution in [0.1, 0.15) is 10.6 Å². The first kappa shape index (κ1) is 15.8. The molecular formula is C19H11N7S2. The summed E-state index contributed by atoms with van der Waals surface area (Å²) < 4.78 is 1.78. The Labute approximate surface area is 167 Å². The molecule has 6 rings (SSSR count). The number of hydrogen-bond donors (Lipinski definition) is 0. The van der Waals surface area contributed by atoms with Crippen LogP contribution in [0.15, 0.2) is 75.9 Å². The number of hydrogen-bond acceptors (Lipinski definition) is 8. The van der Waals surface area contributed by atoms with E-state index < -0.39 is 0 Å². The second-order valence-corrected chi connectivity index (χ2v) is 8.18. The zero-order chi connectivity index (χ0) is 18.5. The predicted octanol–water partition coefficient (Wildman–Crippen LogP) is 3.53. The van der Waals surface area contributed by atoms with Crippen molar-refractivity contribution in [2.75, 3.05) is 0 Å². The first-order valence-electron chi connectivity index (χ1n) is 8.61. The number of aromatic nitrogens is 4. The normalized spacial score (nSPS) is 18.1. The van der Waals surface area contributed by atoms with Gasteiger partial charge in [-0.3, -0.25) is 4.99 Å². The van der Waals surface area contributed by atoms with Gasteiger partial charge in [0.15, 0.2) is 10.8 Å². The van der Waals surface area contributed by atoms with E-state index in [-0.39, 0.29) is 6.04 Å². The molecule has 0 radical (unpaired) electrons. The summed E-state index contributed by atoms with van der Waals surface area (Å²) in [6.07, 6.45) is 0. The Morgan fingerprint density at radius 1 is 0.821 bits per heavy atom. The molecule has 0 saturated heterocycles. The summed E-state index contributed by atoms with van der Waals surface area (Å²) in [4.78, 5) is 5.60. The number of aliphatic imine (C=N–C) groups is 1. The van der Waals surface area contributed by atoms with E-state index in [4.69, 9.17) is 10.1 Å². The average molecular weight is 401 g/mol. The van der Waals surface area contributed by atoms with Gasteiger partial charge in [-0.2, -0.15) is 14.7 Å². The van der Waals surface area contributed by atoms with Crippen LogP contribution in [0.2, 0.25) is 0 Å². The lowest BCUT2D eigenvalue weighted by molar-refractivity contribution is 0.960. The van der Waals surface area contributed by atoms with Crippen molar-refractivity contribution >= 4 is 43.9 Å². The minimum Gasteiger partial charge on any atom is -0.258 e. The van der Waals surface area contributed by atoms with E-state index >= 15 is 0 Å². The second-order valence-electron chi connectivity index (χ2n) is 6.22. The molecule has 4 aromatic rings. The summed E-state index contributed by atoms with van der Waals surface area (Å²) in [7, 11) is 0. The van der Waals surface area contributed by atoms with Crippen LogP contribution in [-0.2, 0) is 0 Å². The third kappa shape index (κ3) is 2.44. The highest BCUT2D eigenvalue weighted by Gasteiger charge is 2.36. The molecule has 2 aliphatic heterocycles. The van der Waals surface area contributed by atoms with Crippen molar-refractivity contribution in [1.29, 1.82) is 0 Å². The molecule has 0 amide bonds. The van der Waals surface area contributed by atoms with Gasteiger partial charge in [0.05, 0.1) is 0 Å². The van der Waals surface area contributed by atoms with Crippen molar-refractivity contribution in [3.05, 3.63) is 71.2 Å². The highest BCUT2D eigenvalue weighted by atomic mass is 32.2. The maximum atomic E-state index is 4.86. The molecule has 0 N–H and O–H groups in total. The molecule has 2 aliphatic rings. The Balaban J connectivity index is 1.37. The number of rotatable bonds is 3. The molecular weight excluding hydrogens is 390 g/mol. The number of thioether (sulfide) groups is 1. The first-order chi connectivity index (χ1) is 13.9. The van der Waals surface area contributed by atoms with Crippen LogP contribution >= 0.6 is 23.1 Å². The molecule has 2 aromatic heterocycles. The van der Waals surface area contributed by atoms with E-state index in [1.54, 1.807) is 4.52 Å². The third-order valence-electron chi connectivity index (χ3n) is 4.47. The molecule has 1 atom stereocenters. The summed E-state index contributed by atoms with van der Waals surface area (Å²) in [5.74, 6) is 0.728. The van der Waals surface area contributed by atoms with E-state index in [0.717, 1.165) is 42.7 Å². The van der Waals surface area contributed by atoms with Crippen LogP contribution in [-0.4, -0.2) is 41.7 Å². The SMILES string of the molecule is c1ccc(C2=NN=C3SC(c4nn5c(-c6ccccc6)nnc5s4)=NC32)cc1. The predicted molar refractivity (Wildman–Crippen MR) is 112 cm³/mol. The molecule has 0 bridgehead atoms. The van der Waals surface area contributed by atoms with Crippen LogP contribution in [0.25, 0.3) is 16.3 Å². The maximum Gasteiger partial charge on any atom is 0.235 e. The molecule has 9 heteroatoms. The summed E-state index contributed by atoms with van der Waals surface area (Å²) in [5.41, 5.74) is 2.90. The Morgan fingerprint density at radius 2 is 1.57 bits per heavy atom. The quantitative estimate of drug-likeness (QED) is 0.526. The van der Waals surface area contributed by atoms with Gasteiger partial charge in [-0.05, 0) is 11.8 Å². The monoisotopic (exact) mass is 401 g/mol. The van der Waals surface area contributed by atoms with Gasteiger partial charge in [-0.1, -0.05) is 72.0 Å². The van der Waals surface area contributed by atoms with E-state index in [1.165, 1.54) is 23.1 Å². The summed E-state index contributed by atoms with van der Waals surface area (Å²) in [5, 5.41) is 24.5. The zero-order valence-electron chi connectivity index (χ0n) is 14.3. The van der Waals surface area contributed by atoms with Gasteiger partial charge in [0.1, 0.15) is 21.8 Å². The Morgan fingerprint density at radius 3 is 2.36 bits per heavy atom. The molecule has 0 fully saturated rings. The van der Waals surface area contributed by atoms with Gasteiger partial charge < -0.3 is 0 Å². The minimum absolute atomic E-state index is 0.148. The van der Waals surface area contributed by atoms with Crippen molar-refractivity contribution in [3.8, 4) is 11.4 Å². The van der Waals surface area contributed by atoms with Gasteiger partial charge in [0.25, 0.3) is 0 Å². The largest absolute Gasteiger partial charge is 0.258 e. The molecule has 28 heavy (non-hydrogen) atoms. The second kappa shape index (κ2) is 6.18. The van der Waals surface area contributed by atoms with Crippen LogP contribution in [0.4, 0.5) is 0 Å². The van der Waals surface area contributed by atoms with Gasteiger partial charge >= 0.3 is 0 Å². The van der Waals surface area contributed by atoms with E-state index in [2.05, 4.69) is 20.4 Å². The summed E-state index contributed by atoms with van der Waals surface area (Å²) in [6, 6.07) is 19.8. The molecule has 4 heterocycles. The van der Waals surface area contributed by atoms with Crippen LogP contribution in [0.5, 0.6) is 0 Å². The fourth-order valence-corrected chi connectivity index (χ4v) is 4.98. The molecule has 134 valence electrons. The molecule has 2 aromatic carbocycles. The maximum absolute atomic E-state index is 4.86. The van der Waals surface area contributed by atoms with E-state index in [1.807, 2.05) is 60.7 Å². The van der Waals surface area contributed by atoms with Crippen molar-refractivity contribution in [3.63, 3.8) is 0 Å². The highest BCUT2D eigenvalue weighted by Crippen LogP contribution is 2.33. The lowest BCUT2D eigenvalue weighted by atomic mass is 10.1. The molecule has 0 saturated carbocycles. The molecule has 0 aliphatic carbocycles. The van der Waals surface area contributed by atoms with Gasteiger partial charge in [-0.15, -0.1) is 15.3 Å². The minimum atomic E-state index is -0.148. The van der Waals surface area contributed by atoms with E-state index in [0.29, 0.717) is 0 Å². The summed E-state index contributed by atoms with van der Waals surface area (Å²) >= 11 is 3.00. The highest BCUT2D eigenvalue weighted by molar-refractivity contribution is 8.27. The number of fused-ring (bicyclic) bond motifs is 2.